The molecule has 2 heterocycles. The second-order valence-electron chi connectivity index (χ2n) is 6.45. The lowest BCUT2D eigenvalue weighted by atomic mass is 10.1. The van der Waals surface area contributed by atoms with Crippen molar-refractivity contribution in [3.8, 4) is 5.69 Å². The van der Waals surface area contributed by atoms with E-state index in [0.717, 1.165) is 22.2 Å². The zero-order valence-electron chi connectivity index (χ0n) is 14.3. The third kappa shape index (κ3) is 3.44. The molecule has 0 aliphatic carbocycles. The van der Waals surface area contributed by atoms with Crippen LogP contribution >= 0.6 is 12.4 Å². The van der Waals surface area contributed by atoms with Crippen LogP contribution in [0.5, 0.6) is 0 Å². The van der Waals surface area contributed by atoms with E-state index in [1.54, 1.807) is 0 Å². The van der Waals surface area contributed by atoms with Gasteiger partial charge >= 0.3 is 0 Å². The number of fused-ring (bicyclic) bond motifs is 1. The van der Waals surface area contributed by atoms with Gasteiger partial charge in [-0.1, -0.05) is 12.1 Å². The number of anilines is 1. The van der Waals surface area contributed by atoms with Crippen LogP contribution in [0.2, 0.25) is 0 Å². The van der Waals surface area contributed by atoms with Crippen molar-refractivity contribution in [1.82, 2.24) is 15.1 Å². The number of halogens is 1. The zero-order chi connectivity index (χ0) is 17.4. The van der Waals surface area contributed by atoms with Crippen molar-refractivity contribution in [1.29, 1.82) is 0 Å². The Hall–Kier alpha value is -2.41. The molecule has 26 heavy (non-hydrogen) atoms. The molecule has 0 saturated carbocycles. The van der Waals surface area contributed by atoms with Gasteiger partial charge < -0.3 is 15.7 Å². The van der Waals surface area contributed by atoms with Gasteiger partial charge in [0.25, 0.3) is 0 Å². The van der Waals surface area contributed by atoms with E-state index in [-0.39, 0.29) is 18.3 Å². The average molecular weight is 373 g/mol. The topological polar surface area (TPSA) is 79.2 Å². The Morgan fingerprint density at radius 3 is 2.88 bits per heavy atom. The van der Waals surface area contributed by atoms with Crippen molar-refractivity contribution in [2.45, 2.75) is 25.5 Å². The second kappa shape index (κ2) is 7.45. The predicted octanol–water partition coefficient (Wildman–Crippen LogP) is 2.42. The van der Waals surface area contributed by atoms with Gasteiger partial charge in [-0.3, -0.25) is 4.79 Å². The number of aryl methyl sites for hydroxylation is 1. The maximum atomic E-state index is 12.3. The Morgan fingerprint density at radius 1 is 1.31 bits per heavy atom. The highest BCUT2D eigenvalue weighted by Crippen LogP contribution is 2.23. The molecule has 1 saturated heterocycles. The Labute approximate surface area is 157 Å². The predicted molar refractivity (Wildman–Crippen MR) is 104 cm³/mol. The molecule has 1 amide bonds. The number of hydrogen-bond acceptors (Lipinski definition) is 4. The number of carbonyl (C=O) groups is 1. The first-order valence-electron chi connectivity index (χ1n) is 8.39. The van der Waals surface area contributed by atoms with Gasteiger partial charge in [-0.2, -0.15) is 5.10 Å². The quantitative estimate of drug-likeness (QED) is 0.659. The SMILES string of the molecule is Cc1cccc(-n2ncc3ccc(NC(=O)[C@H]4NCC[C@@H]4O)cc32)c1.Cl. The molecule has 1 fully saturated rings. The van der Waals surface area contributed by atoms with Crippen LogP contribution < -0.4 is 10.6 Å². The summed E-state index contributed by atoms with van der Waals surface area (Å²) in [6.07, 6.45) is 1.77. The first-order valence-corrected chi connectivity index (χ1v) is 8.39. The van der Waals surface area contributed by atoms with Crippen molar-refractivity contribution in [3.63, 3.8) is 0 Å². The summed E-state index contributed by atoms with van der Waals surface area (Å²) in [5.74, 6) is -0.217. The number of nitrogens with one attached hydrogen (secondary N) is 2. The van der Waals surface area contributed by atoms with Gasteiger partial charge in [-0.15, -0.1) is 12.4 Å². The van der Waals surface area contributed by atoms with Gasteiger partial charge in [0.05, 0.1) is 23.5 Å². The third-order valence-corrected chi connectivity index (χ3v) is 4.56. The molecule has 1 aliphatic heterocycles. The van der Waals surface area contributed by atoms with E-state index in [1.165, 1.54) is 0 Å². The number of benzene rings is 2. The molecule has 2 aromatic carbocycles. The van der Waals surface area contributed by atoms with E-state index in [0.29, 0.717) is 18.7 Å². The Balaban J connectivity index is 0.00000196. The number of aromatic nitrogens is 2. The fraction of sp³-hybridized carbons (Fsp3) is 0.263. The van der Waals surface area contributed by atoms with Crippen LogP contribution in [0.1, 0.15) is 12.0 Å². The summed E-state index contributed by atoms with van der Waals surface area (Å²) in [7, 11) is 0. The molecule has 3 N–H and O–H groups in total. The minimum Gasteiger partial charge on any atom is -0.391 e. The van der Waals surface area contributed by atoms with Gasteiger partial charge in [-0.05, 0) is 55.8 Å². The molecule has 3 aromatic rings. The van der Waals surface area contributed by atoms with Crippen molar-refractivity contribution < 1.29 is 9.90 Å². The lowest BCUT2D eigenvalue weighted by Gasteiger charge is -2.15. The summed E-state index contributed by atoms with van der Waals surface area (Å²) in [5.41, 5.74) is 3.74. The number of aliphatic hydroxyl groups excluding tert-OH is 1. The van der Waals surface area contributed by atoms with Crippen molar-refractivity contribution in [3.05, 3.63) is 54.2 Å². The van der Waals surface area contributed by atoms with Crippen LogP contribution in [0.25, 0.3) is 16.6 Å². The van der Waals surface area contributed by atoms with Crippen LogP contribution in [0.3, 0.4) is 0 Å². The Kier molecular flexibility index (Phi) is 5.27. The van der Waals surface area contributed by atoms with E-state index in [1.807, 2.05) is 54.2 Å². The lowest BCUT2D eigenvalue weighted by molar-refractivity contribution is -0.119. The van der Waals surface area contributed by atoms with Crippen LogP contribution in [0.15, 0.2) is 48.7 Å². The standard InChI is InChI=1S/C19H20N4O2.ClH/c1-12-3-2-4-15(9-12)23-16-10-14(6-5-13(16)11-21-23)22-19(25)18-17(24)7-8-20-18;/h2-6,9-11,17-18,20,24H,7-8H2,1H3,(H,22,25);1H/t17-,18-;/m0./s1. The van der Waals surface area contributed by atoms with Gasteiger partial charge in [0.1, 0.15) is 6.04 Å². The molecule has 6 nitrogen and oxygen atoms in total. The minimum atomic E-state index is -0.637. The van der Waals surface area contributed by atoms with E-state index in [4.69, 9.17) is 0 Å². The van der Waals surface area contributed by atoms with E-state index >= 15 is 0 Å². The molecular formula is C19H21ClN4O2. The number of aliphatic hydroxyl groups is 1. The van der Waals surface area contributed by atoms with Gasteiger partial charge in [0, 0.05) is 11.1 Å². The molecule has 1 aliphatic rings. The summed E-state index contributed by atoms with van der Waals surface area (Å²) in [6.45, 7) is 2.69. The van der Waals surface area contributed by atoms with E-state index in [9.17, 15) is 9.90 Å². The van der Waals surface area contributed by atoms with Crippen molar-refractivity contribution in [2.24, 2.45) is 0 Å². The molecule has 7 heteroatoms. The summed E-state index contributed by atoms with van der Waals surface area (Å²) in [5, 5.41) is 21.2. The normalized spacial score (nSPS) is 19.3. The summed E-state index contributed by atoms with van der Waals surface area (Å²) in [4.78, 5) is 12.3. The molecule has 0 bridgehead atoms. The third-order valence-electron chi connectivity index (χ3n) is 4.56. The first-order chi connectivity index (χ1) is 12.1. The maximum Gasteiger partial charge on any atom is 0.244 e. The van der Waals surface area contributed by atoms with Crippen LogP contribution in [0, 0.1) is 6.92 Å². The van der Waals surface area contributed by atoms with Gasteiger partial charge in [-0.25, -0.2) is 4.68 Å². The summed E-state index contributed by atoms with van der Waals surface area (Å²) in [6, 6.07) is 13.2. The molecular weight excluding hydrogens is 352 g/mol. The molecule has 2 atom stereocenters. The molecule has 0 radical (unpaired) electrons. The Bertz CT molecular complexity index is 940. The van der Waals surface area contributed by atoms with Crippen LogP contribution in [-0.2, 0) is 4.79 Å². The minimum absolute atomic E-state index is 0. The van der Waals surface area contributed by atoms with E-state index < -0.39 is 12.1 Å². The number of amides is 1. The van der Waals surface area contributed by atoms with Gasteiger partial charge in [0.15, 0.2) is 0 Å². The summed E-state index contributed by atoms with van der Waals surface area (Å²) >= 11 is 0. The zero-order valence-corrected chi connectivity index (χ0v) is 15.2. The van der Waals surface area contributed by atoms with Crippen molar-refractivity contribution in [2.75, 3.05) is 11.9 Å². The number of rotatable bonds is 3. The highest BCUT2D eigenvalue weighted by molar-refractivity contribution is 5.97. The number of nitrogens with zero attached hydrogens (tertiary/aromatic N) is 2. The smallest absolute Gasteiger partial charge is 0.244 e. The Morgan fingerprint density at radius 2 is 2.15 bits per heavy atom. The van der Waals surface area contributed by atoms with E-state index in [2.05, 4.69) is 21.8 Å². The molecule has 1 aromatic heterocycles. The lowest BCUT2D eigenvalue weighted by Crippen LogP contribution is -2.42. The molecule has 136 valence electrons. The first kappa shape index (κ1) is 18.4. The fourth-order valence-electron chi connectivity index (χ4n) is 3.24. The number of hydrogen-bond donors (Lipinski definition) is 3. The number of carbonyl (C=O) groups excluding carboxylic acids is 1. The van der Waals surface area contributed by atoms with Crippen LogP contribution in [0.4, 0.5) is 5.69 Å². The largest absolute Gasteiger partial charge is 0.391 e. The second-order valence-corrected chi connectivity index (χ2v) is 6.45. The molecule has 4 rings (SSSR count). The average Bonchev–Trinajstić information content (AvgIpc) is 3.20. The molecule has 0 unspecified atom stereocenters. The maximum absolute atomic E-state index is 12.3. The molecule has 0 spiro atoms. The monoisotopic (exact) mass is 372 g/mol. The highest BCUT2D eigenvalue weighted by Gasteiger charge is 2.31. The van der Waals surface area contributed by atoms with Crippen LogP contribution in [-0.4, -0.2) is 39.5 Å². The van der Waals surface area contributed by atoms with Crippen molar-refractivity contribution >= 4 is 34.9 Å². The highest BCUT2D eigenvalue weighted by atomic mass is 35.5. The van der Waals surface area contributed by atoms with Gasteiger partial charge in [0.2, 0.25) is 5.91 Å². The summed E-state index contributed by atoms with van der Waals surface area (Å²) < 4.78 is 1.86. The fourth-order valence-corrected chi connectivity index (χ4v) is 3.24.